The van der Waals surface area contributed by atoms with E-state index >= 15 is 0 Å². The summed E-state index contributed by atoms with van der Waals surface area (Å²) in [5, 5.41) is 1.54. The normalized spacial score (nSPS) is 12.0. The van der Waals surface area contributed by atoms with E-state index in [2.05, 4.69) is 118 Å². The maximum atomic E-state index is 2.40. The maximum Gasteiger partial charge on any atom is 0.0361 e. The molecule has 26 heavy (non-hydrogen) atoms. The number of nitrogens with zero attached hydrogens (tertiary/aromatic N) is 1. The molecule has 0 aromatic heterocycles. The van der Waals surface area contributed by atoms with Crippen LogP contribution in [0.25, 0.3) is 0 Å². The molecule has 3 aromatic carbocycles. The van der Waals surface area contributed by atoms with E-state index in [1.807, 2.05) is 0 Å². The van der Waals surface area contributed by atoms with Gasteiger partial charge in [0, 0.05) is 25.7 Å². The first-order valence-corrected chi connectivity index (χ1v) is 10.1. The molecule has 1 unspecified atom stereocenters. The second-order valence-electron chi connectivity index (χ2n) is 7.54. The predicted octanol–water partition coefficient (Wildman–Crippen LogP) is 5.67. The van der Waals surface area contributed by atoms with Gasteiger partial charge in [-0.15, -0.1) is 0 Å². The summed E-state index contributed by atoms with van der Waals surface area (Å²) in [7, 11) is 4.90. The zero-order valence-electron chi connectivity index (χ0n) is 16.1. The Hall–Kier alpha value is -2.11. The summed E-state index contributed by atoms with van der Waals surface area (Å²) in [5.74, 6) is 0.372. The van der Waals surface area contributed by atoms with Crippen LogP contribution in [0.5, 0.6) is 0 Å². The lowest BCUT2D eigenvalue weighted by atomic mass is 9.82. The van der Waals surface area contributed by atoms with Crippen LogP contribution in [0.4, 0.5) is 5.69 Å². The Morgan fingerprint density at radius 1 is 0.692 bits per heavy atom. The van der Waals surface area contributed by atoms with E-state index in [1.54, 1.807) is 0 Å². The summed E-state index contributed by atoms with van der Waals surface area (Å²) in [6.45, 7) is 4.80. The molecule has 2 heteroatoms. The molecule has 0 radical (unpaired) electrons. The van der Waals surface area contributed by atoms with Crippen molar-refractivity contribution in [3.05, 3.63) is 96.1 Å². The summed E-state index contributed by atoms with van der Waals surface area (Å²) in [4.78, 5) is 2.15. The first-order valence-electron chi connectivity index (χ1n) is 9.13. The molecule has 134 valence electrons. The summed E-state index contributed by atoms with van der Waals surface area (Å²) >= 11 is 0. The smallest absolute Gasteiger partial charge is 0.0361 e. The maximum absolute atomic E-state index is 2.40. The van der Waals surface area contributed by atoms with Crippen molar-refractivity contribution < 1.29 is 0 Å². The van der Waals surface area contributed by atoms with Crippen LogP contribution >= 0.6 is 8.58 Å². The first-order chi connectivity index (χ1) is 12.5. The zero-order chi connectivity index (χ0) is 18.6. The Bertz CT molecular complexity index is 768. The molecule has 0 aliphatic carbocycles. The highest BCUT2D eigenvalue weighted by Gasteiger charge is 2.32. The number of hydrogen-bond donors (Lipinski definition) is 0. The lowest BCUT2D eigenvalue weighted by Gasteiger charge is -2.35. The Balaban J connectivity index is 1.94. The van der Waals surface area contributed by atoms with Crippen molar-refractivity contribution in [2.24, 2.45) is 0 Å². The minimum atomic E-state index is 0.127. The fourth-order valence-corrected chi connectivity index (χ4v) is 5.16. The highest BCUT2D eigenvalue weighted by molar-refractivity contribution is 7.49. The minimum absolute atomic E-state index is 0.127. The van der Waals surface area contributed by atoms with Crippen molar-refractivity contribution in [2.45, 2.75) is 24.9 Å². The van der Waals surface area contributed by atoms with E-state index in [1.165, 1.54) is 22.1 Å². The SMILES string of the molecule is CN(C)c1ccc(PC(C)(C)C(c2ccccc2)c2ccccc2)cc1. The van der Waals surface area contributed by atoms with Gasteiger partial charge in [0.25, 0.3) is 0 Å². The Morgan fingerprint density at radius 2 is 1.15 bits per heavy atom. The van der Waals surface area contributed by atoms with Crippen LogP contribution in [0.2, 0.25) is 0 Å². The zero-order valence-corrected chi connectivity index (χ0v) is 17.1. The van der Waals surface area contributed by atoms with Gasteiger partial charge in [-0.05, 0) is 33.7 Å². The lowest BCUT2D eigenvalue weighted by Crippen LogP contribution is -2.27. The van der Waals surface area contributed by atoms with Crippen molar-refractivity contribution >= 4 is 19.6 Å². The molecule has 0 amide bonds. The molecule has 0 saturated heterocycles. The minimum Gasteiger partial charge on any atom is -0.378 e. The van der Waals surface area contributed by atoms with Crippen LogP contribution < -0.4 is 10.2 Å². The number of anilines is 1. The largest absolute Gasteiger partial charge is 0.378 e. The highest BCUT2D eigenvalue weighted by atomic mass is 31.1. The Morgan fingerprint density at radius 3 is 1.58 bits per heavy atom. The van der Waals surface area contributed by atoms with E-state index in [0.717, 1.165) is 8.58 Å². The van der Waals surface area contributed by atoms with Crippen LogP contribution in [-0.2, 0) is 0 Å². The number of rotatable bonds is 6. The van der Waals surface area contributed by atoms with Crippen molar-refractivity contribution in [3.63, 3.8) is 0 Å². The molecular weight excluding hydrogens is 333 g/mol. The molecule has 3 rings (SSSR count). The summed E-state index contributed by atoms with van der Waals surface area (Å²) in [6.07, 6.45) is 0. The van der Waals surface area contributed by atoms with Gasteiger partial charge in [0.2, 0.25) is 0 Å². The molecule has 1 nitrogen and oxygen atoms in total. The van der Waals surface area contributed by atoms with Crippen LogP contribution in [0.15, 0.2) is 84.9 Å². The van der Waals surface area contributed by atoms with Gasteiger partial charge in [0.1, 0.15) is 0 Å². The van der Waals surface area contributed by atoms with Crippen LogP contribution in [0.1, 0.15) is 30.9 Å². The van der Waals surface area contributed by atoms with Crippen LogP contribution in [0.3, 0.4) is 0 Å². The molecule has 0 bridgehead atoms. The summed E-state index contributed by atoms with van der Waals surface area (Å²) in [6, 6.07) is 30.8. The van der Waals surface area contributed by atoms with Gasteiger partial charge < -0.3 is 4.90 Å². The summed E-state index contributed by atoms with van der Waals surface area (Å²) < 4.78 is 0. The van der Waals surface area contributed by atoms with E-state index in [-0.39, 0.29) is 5.16 Å². The van der Waals surface area contributed by atoms with Gasteiger partial charge in [-0.2, -0.15) is 0 Å². The third kappa shape index (κ3) is 4.34. The molecule has 0 saturated carbocycles. The quantitative estimate of drug-likeness (QED) is 0.512. The van der Waals surface area contributed by atoms with Gasteiger partial charge in [-0.1, -0.05) is 95.2 Å². The van der Waals surface area contributed by atoms with E-state index in [0.29, 0.717) is 5.92 Å². The van der Waals surface area contributed by atoms with Crippen LogP contribution in [0, 0.1) is 0 Å². The second-order valence-corrected chi connectivity index (χ2v) is 9.66. The topological polar surface area (TPSA) is 3.24 Å². The Kier molecular flexibility index (Phi) is 5.79. The number of benzene rings is 3. The molecule has 0 aliphatic heterocycles. The predicted molar refractivity (Wildman–Crippen MR) is 118 cm³/mol. The first kappa shape index (κ1) is 18.7. The van der Waals surface area contributed by atoms with Crippen LogP contribution in [-0.4, -0.2) is 19.3 Å². The summed E-state index contributed by atoms with van der Waals surface area (Å²) in [5.41, 5.74) is 4.03. The van der Waals surface area contributed by atoms with E-state index in [4.69, 9.17) is 0 Å². The molecular formula is C24H28NP. The average molecular weight is 361 g/mol. The van der Waals surface area contributed by atoms with Crippen molar-refractivity contribution in [1.29, 1.82) is 0 Å². The molecule has 0 heterocycles. The molecule has 1 atom stereocenters. The van der Waals surface area contributed by atoms with Gasteiger partial charge in [0.05, 0.1) is 0 Å². The molecule has 0 spiro atoms. The second kappa shape index (κ2) is 8.06. The lowest BCUT2D eigenvalue weighted by molar-refractivity contribution is 0.613. The monoisotopic (exact) mass is 361 g/mol. The fourth-order valence-electron chi connectivity index (χ4n) is 3.60. The van der Waals surface area contributed by atoms with Gasteiger partial charge in [-0.3, -0.25) is 0 Å². The van der Waals surface area contributed by atoms with E-state index in [9.17, 15) is 0 Å². The van der Waals surface area contributed by atoms with Gasteiger partial charge in [0.15, 0.2) is 0 Å². The van der Waals surface area contributed by atoms with Crippen molar-refractivity contribution in [1.82, 2.24) is 0 Å². The average Bonchev–Trinajstić information content (AvgIpc) is 2.63. The molecule has 0 fully saturated rings. The third-order valence-electron chi connectivity index (χ3n) is 4.84. The van der Waals surface area contributed by atoms with Gasteiger partial charge >= 0.3 is 0 Å². The standard InChI is InChI=1S/C24H28NP/c1-24(2,26-22-17-15-21(16-18-22)25(3)4)23(19-11-7-5-8-12-19)20-13-9-6-10-14-20/h5-18,23,26H,1-4H3. The van der Waals surface area contributed by atoms with Gasteiger partial charge in [-0.25, -0.2) is 0 Å². The number of hydrogen-bond acceptors (Lipinski definition) is 1. The van der Waals surface area contributed by atoms with E-state index < -0.39 is 0 Å². The van der Waals surface area contributed by atoms with Crippen molar-refractivity contribution in [3.8, 4) is 0 Å². The molecule has 0 aliphatic rings. The fraction of sp³-hybridized carbons (Fsp3) is 0.250. The highest BCUT2D eigenvalue weighted by Crippen LogP contribution is 2.46. The molecule has 0 N–H and O–H groups in total. The van der Waals surface area contributed by atoms with Crippen molar-refractivity contribution in [2.75, 3.05) is 19.0 Å². The molecule has 3 aromatic rings. The Labute approximate surface area is 159 Å². The third-order valence-corrected chi connectivity index (χ3v) is 6.39.